The zero-order valence-corrected chi connectivity index (χ0v) is 16.0. The van der Waals surface area contributed by atoms with E-state index in [0.29, 0.717) is 22.3 Å². The van der Waals surface area contributed by atoms with Crippen LogP contribution in [0.3, 0.4) is 0 Å². The molecule has 1 saturated heterocycles. The molecule has 3 heterocycles. The quantitative estimate of drug-likeness (QED) is 0.743. The number of anilines is 2. The van der Waals surface area contributed by atoms with Crippen molar-refractivity contribution in [1.29, 1.82) is 0 Å². The summed E-state index contributed by atoms with van der Waals surface area (Å²) >= 11 is 1.47. The van der Waals surface area contributed by atoms with E-state index in [1.54, 1.807) is 0 Å². The molecule has 0 bridgehead atoms. The Morgan fingerprint density at radius 2 is 2.00 bits per heavy atom. The molecule has 138 valence electrons. The Morgan fingerprint density at radius 3 is 2.74 bits per heavy atom. The molecule has 0 radical (unpaired) electrons. The fourth-order valence-electron chi connectivity index (χ4n) is 3.35. The van der Waals surface area contributed by atoms with Gasteiger partial charge in [0.05, 0.1) is 11.7 Å². The largest absolute Gasteiger partial charge is 0.330 e. The highest BCUT2D eigenvalue weighted by Gasteiger charge is 2.32. The number of aromatic nitrogens is 4. The van der Waals surface area contributed by atoms with E-state index in [1.807, 2.05) is 55.1 Å². The van der Waals surface area contributed by atoms with Gasteiger partial charge in [-0.15, -0.1) is 10.2 Å². The molecule has 0 saturated carbocycles. The van der Waals surface area contributed by atoms with Crippen molar-refractivity contribution in [3.05, 3.63) is 58.5 Å². The van der Waals surface area contributed by atoms with Crippen LogP contribution in [0.15, 0.2) is 36.4 Å². The maximum absolute atomic E-state index is 12.9. The summed E-state index contributed by atoms with van der Waals surface area (Å²) in [6.07, 6.45) is 1.86. The molecule has 1 aromatic carbocycles. The summed E-state index contributed by atoms with van der Waals surface area (Å²) in [6, 6.07) is 11.3. The summed E-state index contributed by atoms with van der Waals surface area (Å²) in [5, 5.41) is 12.9. The molecule has 3 aromatic rings. The Hall–Kier alpha value is -2.87. The van der Waals surface area contributed by atoms with E-state index in [1.165, 1.54) is 11.3 Å². The summed E-state index contributed by atoms with van der Waals surface area (Å²) < 4.78 is 0. The van der Waals surface area contributed by atoms with E-state index in [2.05, 4.69) is 25.5 Å². The lowest BCUT2D eigenvalue weighted by Gasteiger charge is -2.25. The maximum Gasteiger partial charge on any atom is 0.254 e. The molecule has 1 amide bonds. The number of carbonyl (C=O) groups is 1. The maximum atomic E-state index is 12.9. The normalized spacial score (nSPS) is 16.5. The third-order valence-electron chi connectivity index (χ3n) is 4.49. The van der Waals surface area contributed by atoms with Crippen LogP contribution in [0.4, 0.5) is 10.9 Å². The van der Waals surface area contributed by atoms with Gasteiger partial charge in [-0.2, -0.15) is 0 Å². The first-order valence-electron chi connectivity index (χ1n) is 8.89. The highest BCUT2D eigenvalue weighted by molar-refractivity contribution is 7.15. The third-order valence-corrected chi connectivity index (χ3v) is 5.25. The predicted octanol–water partition coefficient (Wildman–Crippen LogP) is 3.67. The average Bonchev–Trinajstić information content (AvgIpc) is 3.30. The molecule has 1 atom stereocenters. The van der Waals surface area contributed by atoms with Gasteiger partial charge in [0.25, 0.3) is 5.91 Å². The molecule has 4 rings (SSSR count). The minimum atomic E-state index is -0.0453. The first kappa shape index (κ1) is 17.5. The number of nitrogens with one attached hydrogen (secondary N) is 1. The number of amides is 1. The van der Waals surface area contributed by atoms with Gasteiger partial charge in [-0.1, -0.05) is 29.5 Å². The molecule has 27 heavy (non-hydrogen) atoms. The lowest BCUT2D eigenvalue weighted by molar-refractivity contribution is 0.0732. The Morgan fingerprint density at radius 1 is 1.19 bits per heavy atom. The van der Waals surface area contributed by atoms with Crippen LogP contribution < -0.4 is 5.32 Å². The number of aryl methyl sites for hydroxylation is 2. The topological polar surface area (TPSA) is 83.9 Å². The molecular weight excluding hydrogens is 360 g/mol. The average molecular weight is 380 g/mol. The third kappa shape index (κ3) is 3.80. The van der Waals surface area contributed by atoms with Crippen LogP contribution in [0.2, 0.25) is 0 Å². The molecule has 8 heteroatoms. The van der Waals surface area contributed by atoms with Crippen molar-refractivity contribution >= 4 is 28.2 Å². The number of hydrogen-bond donors (Lipinski definition) is 1. The van der Waals surface area contributed by atoms with Gasteiger partial charge in [0, 0.05) is 18.2 Å². The number of nitrogens with zero attached hydrogens (tertiary/aromatic N) is 5. The highest BCUT2D eigenvalue weighted by Crippen LogP contribution is 2.33. The minimum absolute atomic E-state index is 0.0450. The van der Waals surface area contributed by atoms with Crippen molar-refractivity contribution in [2.45, 2.75) is 32.7 Å². The van der Waals surface area contributed by atoms with Crippen LogP contribution >= 0.6 is 11.3 Å². The molecule has 1 aliphatic heterocycles. The van der Waals surface area contributed by atoms with Crippen molar-refractivity contribution in [3.8, 4) is 0 Å². The molecule has 0 aliphatic carbocycles. The molecule has 0 spiro atoms. The monoisotopic (exact) mass is 380 g/mol. The SMILES string of the molecule is Cc1nc(Nc2nnc(C)s2)cc(C2CCCN2C(=O)c2ccccc2)n1. The molecule has 7 nitrogen and oxygen atoms in total. The van der Waals surface area contributed by atoms with Crippen molar-refractivity contribution < 1.29 is 4.79 Å². The van der Waals surface area contributed by atoms with E-state index >= 15 is 0 Å². The van der Waals surface area contributed by atoms with Crippen LogP contribution in [0.5, 0.6) is 0 Å². The van der Waals surface area contributed by atoms with E-state index in [-0.39, 0.29) is 11.9 Å². The summed E-state index contributed by atoms with van der Waals surface area (Å²) in [4.78, 5) is 23.9. The van der Waals surface area contributed by atoms with Gasteiger partial charge in [0.2, 0.25) is 5.13 Å². The summed E-state index contributed by atoms with van der Waals surface area (Å²) in [7, 11) is 0. The highest BCUT2D eigenvalue weighted by atomic mass is 32.1. The molecule has 1 unspecified atom stereocenters. The van der Waals surface area contributed by atoms with Gasteiger partial charge < -0.3 is 10.2 Å². The van der Waals surface area contributed by atoms with E-state index in [0.717, 1.165) is 30.1 Å². The van der Waals surface area contributed by atoms with Gasteiger partial charge in [-0.3, -0.25) is 4.79 Å². The van der Waals surface area contributed by atoms with Crippen molar-refractivity contribution in [1.82, 2.24) is 25.1 Å². The number of carbonyl (C=O) groups excluding carboxylic acids is 1. The van der Waals surface area contributed by atoms with Gasteiger partial charge in [-0.25, -0.2) is 9.97 Å². The minimum Gasteiger partial charge on any atom is -0.330 e. The van der Waals surface area contributed by atoms with Crippen LogP contribution in [0, 0.1) is 13.8 Å². The van der Waals surface area contributed by atoms with Gasteiger partial charge in [0.1, 0.15) is 16.6 Å². The van der Waals surface area contributed by atoms with Gasteiger partial charge in [0.15, 0.2) is 0 Å². The zero-order valence-electron chi connectivity index (χ0n) is 15.2. The van der Waals surface area contributed by atoms with Crippen molar-refractivity contribution in [3.63, 3.8) is 0 Å². The second-order valence-corrected chi connectivity index (χ2v) is 7.68. The Balaban J connectivity index is 1.60. The number of benzene rings is 1. The molecule has 2 aromatic heterocycles. The van der Waals surface area contributed by atoms with Crippen LogP contribution in [-0.2, 0) is 0 Å². The summed E-state index contributed by atoms with van der Waals surface area (Å²) in [5.74, 6) is 1.38. The number of hydrogen-bond acceptors (Lipinski definition) is 7. The van der Waals surface area contributed by atoms with E-state index in [4.69, 9.17) is 0 Å². The standard InChI is InChI=1S/C19H20N6OS/c1-12-20-15(11-17(21-12)22-19-24-23-13(2)27-19)16-9-6-10-25(16)18(26)14-7-4-3-5-8-14/h3-5,7-8,11,16H,6,9-10H2,1-2H3,(H,20,21,22,24). The second kappa shape index (κ2) is 7.40. The van der Waals surface area contributed by atoms with Crippen molar-refractivity contribution in [2.75, 3.05) is 11.9 Å². The first-order chi connectivity index (χ1) is 13.1. The van der Waals surface area contributed by atoms with Crippen LogP contribution in [-0.4, -0.2) is 37.5 Å². The Labute approximate surface area is 161 Å². The predicted molar refractivity (Wildman–Crippen MR) is 104 cm³/mol. The number of likely N-dealkylation sites (tertiary alicyclic amines) is 1. The molecular formula is C19H20N6OS. The fraction of sp³-hybridized carbons (Fsp3) is 0.316. The lowest BCUT2D eigenvalue weighted by Crippen LogP contribution is -2.31. The Kier molecular flexibility index (Phi) is 4.81. The molecule has 1 N–H and O–H groups in total. The second-order valence-electron chi connectivity index (χ2n) is 6.50. The summed E-state index contributed by atoms with van der Waals surface area (Å²) in [6.45, 7) is 4.50. The van der Waals surface area contributed by atoms with Gasteiger partial charge in [-0.05, 0) is 38.8 Å². The van der Waals surface area contributed by atoms with Gasteiger partial charge >= 0.3 is 0 Å². The summed E-state index contributed by atoms with van der Waals surface area (Å²) in [5.41, 5.74) is 1.56. The molecule has 1 fully saturated rings. The lowest BCUT2D eigenvalue weighted by atomic mass is 10.1. The molecule has 1 aliphatic rings. The van der Waals surface area contributed by atoms with E-state index < -0.39 is 0 Å². The van der Waals surface area contributed by atoms with E-state index in [9.17, 15) is 4.79 Å². The fourth-order valence-corrected chi connectivity index (χ4v) is 3.94. The number of rotatable bonds is 4. The van der Waals surface area contributed by atoms with Crippen LogP contribution in [0.25, 0.3) is 0 Å². The van der Waals surface area contributed by atoms with Crippen LogP contribution in [0.1, 0.15) is 45.8 Å². The Bertz CT molecular complexity index is 958. The van der Waals surface area contributed by atoms with Crippen molar-refractivity contribution in [2.24, 2.45) is 0 Å². The first-order valence-corrected chi connectivity index (χ1v) is 9.70. The zero-order chi connectivity index (χ0) is 18.8. The smallest absolute Gasteiger partial charge is 0.254 e.